The number of likely N-dealkylation sites (tertiary alicyclic amines) is 1. The SMILES string of the molecule is CC1(O)CCCN(CC(=O)c2ccc(Cl)cc2)C1. The topological polar surface area (TPSA) is 40.5 Å². The summed E-state index contributed by atoms with van der Waals surface area (Å²) in [5.41, 5.74) is 0.00281. The van der Waals surface area contributed by atoms with Gasteiger partial charge in [-0.25, -0.2) is 0 Å². The summed E-state index contributed by atoms with van der Waals surface area (Å²) >= 11 is 5.79. The van der Waals surface area contributed by atoms with Gasteiger partial charge in [-0.2, -0.15) is 0 Å². The zero-order valence-electron chi connectivity index (χ0n) is 10.5. The van der Waals surface area contributed by atoms with Crippen LogP contribution in [0.4, 0.5) is 0 Å². The number of piperidine rings is 1. The number of rotatable bonds is 3. The molecule has 98 valence electrons. The van der Waals surface area contributed by atoms with Crippen LogP contribution in [0.3, 0.4) is 0 Å². The van der Waals surface area contributed by atoms with E-state index in [9.17, 15) is 9.90 Å². The highest BCUT2D eigenvalue weighted by Gasteiger charge is 2.29. The molecule has 1 aromatic carbocycles. The van der Waals surface area contributed by atoms with E-state index >= 15 is 0 Å². The number of carbonyl (C=O) groups is 1. The van der Waals surface area contributed by atoms with Gasteiger partial charge in [0.25, 0.3) is 0 Å². The number of β-amino-alcohol motifs (C(OH)–C–C–N with tert-alkyl or cyclic N) is 1. The first-order chi connectivity index (χ1) is 8.46. The van der Waals surface area contributed by atoms with Gasteiger partial charge >= 0.3 is 0 Å². The van der Waals surface area contributed by atoms with Crippen LogP contribution in [0.2, 0.25) is 5.02 Å². The molecule has 1 atom stereocenters. The third-order valence-electron chi connectivity index (χ3n) is 3.29. The number of carbonyl (C=O) groups excluding carboxylic acids is 1. The summed E-state index contributed by atoms with van der Waals surface area (Å²) in [6, 6.07) is 6.93. The maximum Gasteiger partial charge on any atom is 0.176 e. The molecule has 0 aliphatic carbocycles. The van der Waals surface area contributed by atoms with Crippen molar-refractivity contribution in [2.24, 2.45) is 0 Å². The molecule has 1 aliphatic heterocycles. The predicted molar refractivity (Wildman–Crippen MR) is 72.1 cm³/mol. The maximum absolute atomic E-state index is 12.1. The van der Waals surface area contributed by atoms with Crippen molar-refractivity contribution in [3.05, 3.63) is 34.9 Å². The first kappa shape index (κ1) is 13.5. The highest BCUT2D eigenvalue weighted by Crippen LogP contribution is 2.20. The molecule has 3 nitrogen and oxygen atoms in total. The van der Waals surface area contributed by atoms with E-state index in [1.165, 1.54) is 0 Å². The van der Waals surface area contributed by atoms with Crippen molar-refractivity contribution < 1.29 is 9.90 Å². The maximum atomic E-state index is 12.1. The smallest absolute Gasteiger partial charge is 0.176 e. The first-order valence-corrected chi connectivity index (χ1v) is 6.58. The number of nitrogens with zero attached hydrogens (tertiary/aromatic N) is 1. The van der Waals surface area contributed by atoms with E-state index in [1.54, 1.807) is 24.3 Å². The molecule has 1 aromatic rings. The Balaban J connectivity index is 1.97. The molecule has 1 aliphatic rings. The minimum absolute atomic E-state index is 0.0735. The number of halogens is 1. The molecule has 0 radical (unpaired) electrons. The second-order valence-electron chi connectivity index (χ2n) is 5.24. The van der Waals surface area contributed by atoms with E-state index in [2.05, 4.69) is 0 Å². The van der Waals surface area contributed by atoms with E-state index < -0.39 is 5.60 Å². The molecule has 0 aromatic heterocycles. The van der Waals surface area contributed by atoms with Gasteiger partial charge in [-0.3, -0.25) is 9.69 Å². The highest BCUT2D eigenvalue weighted by molar-refractivity contribution is 6.30. The molecule has 0 amide bonds. The van der Waals surface area contributed by atoms with Gasteiger partial charge in [0.2, 0.25) is 0 Å². The van der Waals surface area contributed by atoms with Gasteiger partial charge in [0, 0.05) is 17.1 Å². The third-order valence-corrected chi connectivity index (χ3v) is 3.54. The Morgan fingerprint density at radius 3 is 2.72 bits per heavy atom. The van der Waals surface area contributed by atoms with Crippen LogP contribution in [0.25, 0.3) is 0 Å². The second-order valence-corrected chi connectivity index (χ2v) is 5.68. The largest absolute Gasteiger partial charge is 0.389 e. The Kier molecular flexibility index (Phi) is 4.05. The van der Waals surface area contributed by atoms with E-state index in [0.717, 1.165) is 19.4 Å². The summed E-state index contributed by atoms with van der Waals surface area (Å²) in [5, 5.41) is 10.6. The molecule has 4 heteroatoms. The van der Waals surface area contributed by atoms with Crippen LogP contribution < -0.4 is 0 Å². The Hall–Kier alpha value is -0.900. The fourth-order valence-electron chi connectivity index (χ4n) is 2.39. The summed E-state index contributed by atoms with van der Waals surface area (Å²) in [6.07, 6.45) is 1.74. The molecule has 1 fully saturated rings. The average Bonchev–Trinajstić information content (AvgIpc) is 2.28. The second kappa shape index (κ2) is 5.39. The molecule has 0 saturated carbocycles. The first-order valence-electron chi connectivity index (χ1n) is 6.20. The van der Waals surface area contributed by atoms with E-state index in [0.29, 0.717) is 23.7 Å². The minimum Gasteiger partial charge on any atom is -0.389 e. The molecule has 1 heterocycles. The van der Waals surface area contributed by atoms with Crippen LogP contribution in [-0.4, -0.2) is 41.0 Å². The van der Waals surface area contributed by atoms with E-state index in [1.807, 2.05) is 11.8 Å². The van der Waals surface area contributed by atoms with Crippen LogP contribution in [0, 0.1) is 0 Å². The van der Waals surface area contributed by atoms with Crippen molar-refractivity contribution in [2.75, 3.05) is 19.6 Å². The molecular weight excluding hydrogens is 250 g/mol. The average molecular weight is 268 g/mol. The monoisotopic (exact) mass is 267 g/mol. The highest BCUT2D eigenvalue weighted by atomic mass is 35.5. The Bertz CT molecular complexity index is 428. The van der Waals surface area contributed by atoms with E-state index in [4.69, 9.17) is 11.6 Å². The van der Waals surface area contributed by atoms with Gasteiger partial charge in [-0.15, -0.1) is 0 Å². The van der Waals surface area contributed by atoms with Crippen molar-refractivity contribution in [1.29, 1.82) is 0 Å². The van der Waals surface area contributed by atoms with Crippen molar-refractivity contribution in [3.8, 4) is 0 Å². The van der Waals surface area contributed by atoms with Gasteiger partial charge in [-0.05, 0) is 50.6 Å². The molecule has 1 unspecified atom stereocenters. The number of hydrogen-bond acceptors (Lipinski definition) is 3. The number of Topliss-reactive ketones (excluding diaryl/α,β-unsaturated/α-hetero) is 1. The molecule has 0 spiro atoms. The third kappa shape index (κ3) is 3.55. The molecule has 2 rings (SSSR count). The van der Waals surface area contributed by atoms with E-state index in [-0.39, 0.29) is 5.78 Å². The number of hydrogen-bond donors (Lipinski definition) is 1. The van der Waals surface area contributed by atoms with Crippen molar-refractivity contribution >= 4 is 17.4 Å². The molecule has 1 N–H and O–H groups in total. The summed E-state index contributed by atoms with van der Waals surface area (Å²) < 4.78 is 0. The van der Waals surface area contributed by atoms with Crippen LogP contribution >= 0.6 is 11.6 Å². The zero-order chi connectivity index (χ0) is 13.2. The Labute approximate surface area is 112 Å². The number of aliphatic hydroxyl groups is 1. The molecule has 0 bridgehead atoms. The van der Waals surface area contributed by atoms with Crippen LogP contribution in [0.5, 0.6) is 0 Å². The predicted octanol–water partition coefficient (Wildman–Crippen LogP) is 2.37. The lowest BCUT2D eigenvalue weighted by atomic mass is 9.95. The van der Waals surface area contributed by atoms with Crippen molar-refractivity contribution in [3.63, 3.8) is 0 Å². The molecular formula is C14H18ClNO2. The minimum atomic E-state index is -0.668. The quantitative estimate of drug-likeness (QED) is 0.855. The fourth-order valence-corrected chi connectivity index (χ4v) is 2.51. The standard InChI is InChI=1S/C14H18ClNO2/c1-14(18)7-2-8-16(10-14)9-13(17)11-3-5-12(15)6-4-11/h3-6,18H,2,7-10H2,1H3. The number of ketones is 1. The fraction of sp³-hybridized carbons (Fsp3) is 0.500. The Morgan fingerprint density at radius 2 is 2.11 bits per heavy atom. The Morgan fingerprint density at radius 1 is 1.44 bits per heavy atom. The normalized spacial score (nSPS) is 25.1. The van der Waals surface area contributed by atoms with Gasteiger partial charge < -0.3 is 5.11 Å². The molecule has 18 heavy (non-hydrogen) atoms. The lowest BCUT2D eigenvalue weighted by Crippen LogP contribution is -2.47. The summed E-state index contributed by atoms with van der Waals surface area (Å²) in [6.45, 7) is 3.62. The molecule has 1 saturated heterocycles. The zero-order valence-corrected chi connectivity index (χ0v) is 11.3. The van der Waals surface area contributed by atoms with Gasteiger partial charge in [0.05, 0.1) is 12.1 Å². The number of benzene rings is 1. The van der Waals surface area contributed by atoms with Gasteiger partial charge in [-0.1, -0.05) is 11.6 Å². The summed E-state index contributed by atoms with van der Waals surface area (Å²) in [4.78, 5) is 14.1. The van der Waals surface area contributed by atoms with Gasteiger partial charge in [0.1, 0.15) is 0 Å². The van der Waals surface area contributed by atoms with Crippen molar-refractivity contribution in [1.82, 2.24) is 4.90 Å². The van der Waals surface area contributed by atoms with Crippen molar-refractivity contribution in [2.45, 2.75) is 25.4 Å². The van der Waals surface area contributed by atoms with Crippen LogP contribution in [0.1, 0.15) is 30.1 Å². The summed E-state index contributed by atoms with van der Waals surface area (Å²) in [7, 11) is 0. The van der Waals surface area contributed by atoms with Crippen LogP contribution in [0.15, 0.2) is 24.3 Å². The summed E-state index contributed by atoms with van der Waals surface area (Å²) in [5.74, 6) is 0.0735. The van der Waals surface area contributed by atoms with Gasteiger partial charge in [0.15, 0.2) is 5.78 Å². The van der Waals surface area contributed by atoms with Crippen LogP contribution in [-0.2, 0) is 0 Å². The lowest BCUT2D eigenvalue weighted by Gasteiger charge is -2.36. The lowest BCUT2D eigenvalue weighted by molar-refractivity contribution is -0.0132.